The van der Waals surface area contributed by atoms with Crippen molar-refractivity contribution in [2.45, 2.75) is 46.0 Å². The van der Waals surface area contributed by atoms with Gasteiger partial charge in [-0.05, 0) is 19.4 Å². The zero-order valence-electron chi connectivity index (χ0n) is 11.2. The van der Waals surface area contributed by atoms with Crippen LogP contribution in [0.25, 0.3) is 0 Å². The zero-order valence-corrected chi connectivity index (χ0v) is 11.2. The van der Waals surface area contributed by atoms with Crippen LogP contribution in [0.2, 0.25) is 0 Å². The summed E-state index contributed by atoms with van der Waals surface area (Å²) in [5, 5.41) is 0. The first-order valence-corrected chi connectivity index (χ1v) is 6.27. The van der Waals surface area contributed by atoms with Crippen molar-refractivity contribution >= 4 is 0 Å². The minimum absolute atomic E-state index is 0.0935. The molecule has 1 aliphatic rings. The molecule has 1 fully saturated rings. The number of rotatable bonds is 2. The summed E-state index contributed by atoms with van der Waals surface area (Å²) in [6.07, 6.45) is 1.01. The molecule has 0 aromatic heterocycles. The van der Waals surface area contributed by atoms with Crippen molar-refractivity contribution in [2.75, 3.05) is 6.61 Å². The van der Waals surface area contributed by atoms with Gasteiger partial charge in [0.05, 0.1) is 12.7 Å². The van der Waals surface area contributed by atoms with Crippen molar-refractivity contribution in [2.24, 2.45) is 5.41 Å². The maximum atomic E-state index is 6.07. The second kappa shape index (κ2) is 4.43. The quantitative estimate of drug-likeness (QED) is 0.780. The first-order chi connectivity index (χ1) is 7.91. The van der Waals surface area contributed by atoms with Crippen molar-refractivity contribution in [3.63, 3.8) is 0 Å². The summed E-state index contributed by atoms with van der Waals surface area (Å²) in [4.78, 5) is 0. The van der Waals surface area contributed by atoms with Gasteiger partial charge in [0, 0.05) is 11.8 Å². The molecule has 0 radical (unpaired) electrons. The summed E-state index contributed by atoms with van der Waals surface area (Å²) < 4.78 is 12.0. The van der Waals surface area contributed by atoms with Crippen molar-refractivity contribution in [1.82, 2.24) is 0 Å². The fourth-order valence-corrected chi connectivity index (χ4v) is 2.08. The van der Waals surface area contributed by atoms with E-state index >= 15 is 0 Å². The Labute approximate surface area is 104 Å². The largest absolute Gasteiger partial charge is 0.349 e. The second-order valence-corrected chi connectivity index (χ2v) is 5.83. The molecule has 0 amide bonds. The van der Waals surface area contributed by atoms with Crippen LogP contribution in [0.15, 0.2) is 30.3 Å². The molecule has 1 aromatic rings. The smallest absolute Gasteiger partial charge is 0.169 e. The number of hydrogen-bond acceptors (Lipinski definition) is 2. The molecule has 0 unspecified atom stereocenters. The third-order valence-corrected chi connectivity index (χ3v) is 3.64. The molecule has 2 atom stereocenters. The average molecular weight is 234 g/mol. The molecule has 1 aromatic carbocycles. The Morgan fingerprint density at radius 3 is 2.41 bits per heavy atom. The van der Waals surface area contributed by atoms with Crippen LogP contribution >= 0.6 is 0 Å². The third-order valence-electron chi connectivity index (χ3n) is 3.64. The third kappa shape index (κ3) is 2.88. The average Bonchev–Trinajstić information content (AvgIpc) is 2.26. The predicted molar refractivity (Wildman–Crippen MR) is 68.8 cm³/mol. The van der Waals surface area contributed by atoms with Gasteiger partial charge < -0.3 is 9.47 Å². The summed E-state index contributed by atoms with van der Waals surface area (Å²) in [5.74, 6) is -0.490. The highest BCUT2D eigenvalue weighted by Crippen LogP contribution is 2.36. The Morgan fingerprint density at radius 2 is 1.82 bits per heavy atom. The van der Waals surface area contributed by atoms with Crippen molar-refractivity contribution in [1.29, 1.82) is 0 Å². The molecule has 0 N–H and O–H groups in total. The zero-order chi connectivity index (χ0) is 12.5. The van der Waals surface area contributed by atoms with Crippen LogP contribution in [-0.2, 0) is 15.9 Å². The summed E-state index contributed by atoms with van der Waals surface area (Å²) in [7, 11) is 0. The molecule has 1 saturated heterocycles. The SMILES string of the molecule is C[C@H]1O[C@](C)(Cc2ccccc2)OCC1(C)C. The summed E-state index contributed by atoms with van der Waals surface area (Å²) >= 11 is 0. The Hall–Kier alpha value is -0.860. The van der Waals surface area contributed by atoms with E-state index in [1.807, 2.05) is 13.0 Å². The Kier molecular flexibility index (Phi) is 3.28. The van der Waals surface area contributed by atoms with Crippen LogP contribution in [0.1, 0.15) is 33.3 Å². The van der Waals surface area contributed by atoms with E-state index in [1.54, 1.807) is 0 Å². The van der Waals surface area contributed by atoms with Gasteiger partial charge in [0.15, 0.2) is 5.79 Å². The Balaban J connectivity index is 2.07. The molecule has 0 aliphatic carbocycles. The van der Waals surface area contributed by atoms with Crippen molar-refractivity contribution in [3.8, 4) is 0 Å². The minimum atomic E-state index is -0.490. The monoisotopic (exact) mass is 234 g/mol. The van der Waals surface area contributed by atoms with Gasteiger partial charge in [-0.25, -0.2) is 0 Å². The summed E-state index contributed by atoms with van der Waals surface area (Å²) in [6.45, 7) is 9.27. The maximum absolute atomic E-state index is 6.07. The van der Waals surface area contributed by atoms with Gasteiger partial charge in [-0.2, -0.15) is 0 Å². The molecule has 0 bridgehead atoms. The number of hydrogen-bond donors (Lipinski definition) is 0. The molecular weight excluding hydrogens is 212 g/mol. The highest BCUT2D eigenvalue weighted by Gasteiger charge is 2.41. The van der Waals surface area contributed by atoms with Gasteiger partial charge in [0.1, 0.15) is 0 Å². The van der Waals surface area contributed by atoms with Crippen molar-refractivity contribution < 1.29 is 9.47 Å². The molecule has 0 spiro atoms. The Morgan fingerprint density at radius 1 is 1.18 bits per heavy atom. The molecular formula is C15H22O2. The van der Waals surface area contributed by atoms with E-state index < -0.39 is 5.79 Å². The second-order valence-electron chi connectivity index (χ2n) is 5.83. The van der Waals surface area contributed by atoms with E-state index in [0.717, 1.165) is 13.0 Å². The first kappa shape index (κ1) is 12.6. The van der Waals surface area contributed by atoms with Crippen LogP contribution in [0.4, 0.5) is 0 Å². The fourth-order valence-electron chi connectivity index (χ4n) is 2.08. The highest BCUT2D eigenvalue weighted by molar-refractivity contribution is 5.16. The first-order valence-electron chi connectivity index (χ1n) is 6.27. The van der Waals surface area contributed by atoms with E-state index in [0.29, 0.717) is 0 Å². The molecule has 2 rings (SSSR count). The molecule has 1 heterocycles. The normalized spacial score (nSPS) is 32.4. The molecule has 17 heavy (non-hydrogen) atoms. The maximum Gasteiger partial charge on any atom is 0.169 e. The van der Waals surface area contributed by atoms with Crippen LogP contribution < -0.4 is 0 Å². The van der Waals surface area contributed by atoms with E-state index in [4.69, 9.17) is 9.47 Å². The Bertz CT molecular complexity index is 372. The lowest BCUT2D eigenvalue weighted by molar-refractivity contribution is -0.315. The molecule has 94 valence electrons. The minimum Gasteiger partial charge on any atom is -0.349 e. The van der Waals surface area contributed by atoms with E-state index in [9.17, 15) is 0 Å². The van der Waals surface area contributed by atoms with Crippen LogP contribution in [0.5, 0.6) is 0 Å². The lowest BCUT2D eigenvalue weighted by Gasteiger charge is -2.46. The van der Waals surface area contributed by atoms with Gasteiger partial charge in [-0.1, -0.05) is 44.2 Å². The van der Waals surface area contributed by atoms with E-state index in [-0.39, 0.29) is 11.5 Å². The fraction of sp³-hybridized carbons (Fsp3) is 0.600. The predicted octanol–water partition coefficient (Wildman–Crippen LogP) is 3.41. The number of benzene rings is 1. The van der Waals surface area contributed by atoms with Crippen molar-refractivity contribution in [3.05, 3.63) is 35.9 Å². The van der Waals surface area contributed by atoms with Crippen LogP contribution in [-0.4, -0.2) is 18.5 Å². The molecule has 2 heteroatoms. The van der Waals surface area contributed by atoms with E-state index in [2.05, 4.69) is 45.0 Å². The highest BCUT2D eigenvalue weighted by atomic mass is 16.7. The molecule has 2 nitrogen and oxygen atoms in total. The van der Waals surface area contributed by atoms with Gasteiger partial charge in [-0.3, -0.25) is 0 Å². The van der Waals surface area contributed by atoms with Gasteiger partial charge in [0.2, 0.25) is 0 Å². The van der Waals surface area contributed by atoms with Gasteiger partial charge in [0.25, 0.3) is 0 Å². The van der Waals surface area contributed by atoms with Gasteiger partial charge in [-0.15, -0.1) is 0 Å². The topological polar surface area (TPSA) is 18.5 Å². The number of ether oxygens (including phenoxy) is 2. The van der Waals surface area contributed by atoms with Crippen LogP contribution in [0.3, 0.4) is 0 Å². The van der Waals surface area contributed by atoms with E-state index in [1.165, 1.54) is 5.56 Å². The standard InChI is InChI=1S/C15H22O2/c1-12-14(2,3)11-16-15(4,17-12)10-13-8-6-5-7-9-13/h5-9,12H,10-11H2,1-4H3/t12-,15-/m1/s1. The summed E-state index contributed by atoms with van der Waals surface area (Å²) in [5.41, 5.74) is 1.35. The van der Waals surface area contributed by atoms with Gasteiger partial charge >= 0.3 is 0 Å². The molecule has 1 aliphatic heterocycles. The lowest BCUT2D eigenvalue weighted by atomic mass is 9.86. The lowest BCUT2D eigenvalue weighted by Crippen LogP contribution is -2.51. The van der Waals surface area contributed by atoms with Crippen LogP contribution in [0, 0.1) is 5.41 Å². The summed E-state index contributed by atoms with van der Waals surface area (Å²) in [6, 6.07) is 10.4. The molecule has 0 saturated carbocycles.